The van der Waals surface area contributed by atoms with Gasteiger partial charge in [0, 0.05) is 23.3 Å². The van der Waals surface area contributed by atoms with Gasteiger partial charge in [-0.25, -0.2) is 13.2 Å². The van der Waals surface area contributed by atoms with Gasteiger partial charge in [-0.2, -0.15) is 5.10 Å². The van der Waals surface area contributed by atoms with Crippen LogP contribution in [0.5, 0.6) is 0 Å². The number of aromatic nitrogens is 2. The van der Waals surface area contributed by atoms with Crippen molar-refractivity contribution in [2.75, 3.05) is 6.26 Å². The quantitative estimate of drug-likeness (QED) is 0.905. The van der Waals surface area contributed by atoms with Gasteiger partial charge in [-0.05, 0) is 24.3 Å². The third kappa shape index (κ3) is 2.91. The summed E-state index contributed by atoms with van der Waals surface area (Å²) >= 11 is 3.25. The summed E-state index contributed by atoms with van der Waals surface area (Å²) in [5.74, 6) is -1.13. The van der Waals surface area contributed by atoms with Crippen molar-refractivity contribution in [3.8, 4) is 11.3 Å². The summed E-state index contributed by atoms with van der Waals surface area (Å²) in [4.78, 5) is 11.1. The number of nitrogens with zero attached hydrogens (tertiary/aromatic N) is 2. The van der Waals surface area contributed by atoms with Gasteiger partial charge < -0.3 is 5.11 Å². The van der Waals surface area contributed by atoms with Crippen molar-refractivity contribution < 1.29 is 18.3 Å². The van der Waals surface area contributed by atoms with Crippen LogP contribution in [-0.2, 0) is 16.9 Å². The molecule has 106 valence electrons. The van der Waals surface area contributed by atoms with E-state index in [9.17, 15) is 13.2 Å². The maximum Gasteiger partial charge on any atom is 0.356 e. The molecule has 0 unspecified atom stereocenters. The van der Waals surface area contributed by atoms with Crippen LogP contribution in [0, 0.1) is 0 Å². The molecule has 0 spiro atoms. The molecule has 1 heterocycles. The highest BCUT2D eigenvalue weighted by Crippen LogP contribution is 2.27. The number of rotatable bonds is 3. The first-order valence-corrected chi connectivity index (χ1v) is 8.15. The Morgan fingerprint density at radius 2 is 1.95 bits per heavy atom. The van der Waals surface area contributed by atoms with E-state index >= 15 is 0 Å². The zero-order chi connectivity index (χ0) is 15.1. The number of carboxylic acids is 1. The first-order valence-electron chi connectivity index (χ1n) is 5.47. The highest BCUT2D eigenvalue weighted by atomic mass is 79.9. The van der Waals surface area contributed by atoms with Crippen LogP contribution in [0.2, 0.25) is 0 Å². The van der Waals surface area contributed by atoms with E-state index in [2.05, 4.69) is 21.0 Å². The molecule has 0 fully saturated rings. The van der Waals surface area contributed by atoms with E-state index < -0.39 is 15.8 Å². The fraction of sp³-hybridized carbons (Fsp3) is 0.167. The molecule has 0 atom stereocenters. The summed E-state index contributed by atoms with van der Waals surface area (Å²) in [6, 6.07) is 6.09. The molecule has 6 nitrogen and oxygen atoms in total. The molecule has 0 aliphatic rings. The number of halogens is 1. The van der Waals surface area contributed by atoms with Gasteiger partial charge in [0.15, 0.2) is 15.5 Å². The number of hydrogen-bond acceptors (Lipinski definition) is 4. The number of aromatic carboxylic acids is 1. The van der Waals surface area contributed by atoms with Crippen molar-refractivity contribution in [3.05, 3.63) is 34.4 Å². The molecule has 0 saturated carbocycles. The van der Waals surface area contributed by atoms with E-state index in [0.717, 1.165) is 6.26 Å². The topological polar surface area (TPSA) is 89.3 Å². The SMILES string of the molecule is Cn1nc(C(=O)O)cc1-c1cc(Br)cc(S(C)(=O)=O)c1. The monoisotopic (exact) mass is 358 g/mol. The molecular formula is C12H11BrN2O4S. The normalized spacial score (nSPS) is 11.6. The van der Waals surface area contributed by atoms with Crippen LogP contribution in [-0.4, -0.2) is 35.5 Å². The Kier molecular flexibility index (Phi) is 3.70. The van der Waals surface area contributed by atoms with Crippen LogP contribution in [0.1, 0.15) is 10.5 Å². The molecule has 8 heteroatoms. The Morgan fingerprint density at radius 1 is 1.30 bits per heavy atom. The number of carbonyl (C=O) groups is 1. The zero-order valence-electron chi connectivity index (χ0n) is 10.7. The van der Waals surface area contributed by atoms with Crippen LogP contribution in [0.15, 0.2) is 33.6 Å². The van der Waals surface area contributed by atoms with E-state index in [-0.39, 0.29) is 10.6 Å². The Hall–Kier alpha value is -1.67. The van der Waals surface area contributed by atoms with Crippen molar-refractivity contribution in [2.24, 2.45) is 7.05 Å². The Morgan fingerprint density at radius 3 is 2.45 bits per heavy atom. The number of carboxylic acid groups (broad SMARTS) is 1. The van der Waals surface area contributed by atoms with Crippen molar-refractivity contribution in [3.63, 3.8) is 0 Å². The van der Waals surface area contributed by atoms with Gasteiger partial charge in [0.25, 0.3) is 0 Å². The largest absolute Gasteiger partial charge is 0.476 e. The van der Waals surface area contributed by atoms with E-state index in [1.54, 1.807) is 13.1 Å². The summed E-state index contributed by atoms with van der Waals surface area (Å²) in [5, 5.41) is 12.8. The van der Waals surface area contributed by atoms with Crippen LogP contribution in [0.3, 0.4) is 0 Å². The second kappa shape index (κ2) is 5.02. The number of aryl methyl sites for hydroxylation is 1. The first-order chi connectivity index (χ1) is 9.18. The molecule has 2 rings (SSSR count). The molecule has 0 aliphatic carbocycles. The molecule has 1 N–H and O–H groups in total. The number of hydrogen-bond donors (Lipinski definition) is 1. The van der Waals surface area contributed by atoms with Gasteiger partial charge in [0.1, 0.15) is 0 Å². The fourth-order valence-corrected chi connectivity index (χ4v) is 3.09. The minimum Gasteiger partial charge on any atom is -0.476 e. The maximum absolute atomic E-state index is 11.6. The first kappa shape index (κ1) is 14.7. The van der Waals surface area contributed by atoms with Crippen molar-refractivity contribution in [2.45, 2.75) is 4.90 Å². The Bertz CT molecular complexity index is 796. The minimum atomic E-state index is -3.35. The van der Waals surface area contributed by atoms with Gasteiger partial charge >= 0.3 is 5.97 Å². The van der Waals surface area contributed by atoms with Crippen molar-refractivity contribution >= 4 is 31.7 Å². The summed E-state index contributed by atoms with van der Waals surface area (Å²) in [6.45, 7) is 0. The zero-order valence-corrected chi connectivity index (χ0v) is 13.1. The molecular weight excluding hydrogens is 348 g/mol. The molecule has 0 saturated heterocycles. The van der Waals surface area contributed by atoms with Gasteiger partial charge in [-0.1, -0.05) is 15.9 Å². The second-order valence-electron chi connectivity index (χ2n) is 4.29. The lowest BCUT2D eigenvalue weighted by Gasteiger charge is -2.06. The summed E-state index contributed by atoms with van der Waals surface area (Å²) in [6.07, 6.45) is 1.12. The predicted molar refractivity (Wildman–Crippen MR) is 76.4 cm³/mol. The summed E-state index contributed by atoms with van der Waals surface area (Å²) < 4.78 is 25.3. The van der Waals surface area contributed by atoms with Gasteiger partial charge in [0.05, 0.1) is 10.6 Å². The van der Waals surface area contributed by atoms with Crippen molar-refractivity contribution in [1.82, 2.24) is 9.78 Å². The predicted octanol–water partition coefficient (Wildman–Crippen LogP) is 1.95. The highest BCUT2D eigenvalue weighted by Gasteiger charge is 2.15. The number of sulfone groups is 1. The van der Waals surface area contributed by atoms with E-state index in [4.69, 9.17) is 5.11 Å². The van der Waals surface area contributed by atoms with Crippen LogP contribution >= 0.6 is 15.9 Å². The van der Waals surface area contributed by atoms with Gasteiger partial charge in [-0.3, -0.25) is 4.68 Å². The molecule has 0 radical (unpaired) electrons. The molecule has 2 aromatic rings. The van der Waals surface area contributed by atoms with E-state index in [1.165, 1.54) is 22.9 Å². The average molecular weight is 359 g/mol. The fourth-order valence-electron chi connectivity index (χ4n) is 1.77. The summed E-state index contributed by atoms with van der Waals surface area (Å²) in [7, 11) is -1.75. The number of benzene rings is 1. The standard InChI is InChI=1S/C12H11BrN2O4S/c1-15-11(6-10(14-15)12(16)17)7-3-8(13)5-9(4-7)20(2,18)19/h3-6H,1-2H3,(H,16,17). The smallest absolute Gasteiger partial charge is 0.356 e. The third-order valence-electron chi connectivity index (χ3n) is 2.69. The van der Waals surface area contributed by atoms with Gasteiger partial charge in [-0.15, -0.1) is 0 Å². The highest BCUT2D eigenvalue weighted by molar-refractivity contribution is 9.10. The van der Waals surface area contributed by atoms with Crippen LogP contribution < -0.4 is 0 Å². The lowest BCUT2D eigenvalue weighted by atomic mass is 10.1. The van der Waals surface area contributed by atoms with Crippen LogP contribution in [0.4, 0.5) is 0 Å². The Labute approximate surface area is 124 Å². The van der Waals surface area contributed by atoms with E-state index in [0.29, 0.717) is 15.7 Å². The molecule has 20 heavy (non-hydrogen) atoms. The molecule has 0 amide bonds. The Balaban J connectivity index is 2.64. The third-order valence-corrected chi connectivity index (χ3v) is 4.24. The average Bonchev–Trinajstić information content (AvgIpc) is 2.69. The minimum absolute atomic E-state index is 0.0941. The lowest BCUT2D eigenvalue weighted by molar-refractivity contribution is 0.0689. The molecule has 1 aromatic carbocycles. The van der Waals surface area contributed by atoms with Crippen LogP contribution in [0.25, 0.3) is 11.3 Å². The molecule has 0 aliphatic heterocycles. The molecule has 0 bridgehead atoms. The second-order valence-corrected chi connectivity index (χ2v) is 7.22. The van der Waals surface area contributed by atoms with E-state index in [1.807, 2.05) is 0 Å². The maximum atomic E-state index is 11.6. The molecule has 1 aromatic heterocycles. The van der Waals surface area contributed by atoms with Gasteiger partial charge in [0.2, 0.25) is 0 Å². The summed E-state index contributed by atoms with van der Waals surface area (Å²) in [5.41, 5.74) is 0.999. The van der Waals surface area contributed by atoms with Crippen molar-refractivity contribution in [1.29, 1.82) is 0 Å². The lowest BCUT2D eigenvalue weighted by Crippen LogP contribution is -2.00.